The molecule has 3 N–H and O–H groups in total. The summed E-state index contributed by atoms with van der Waals surface area (Å²) in [5.41, 5.74) is 4.07. The van der Waals surface area contributed by atoms with Crippen molar-refractivity contribution in [2.75, 3.05) is 0 Å². The highest BCUT2D eigenvalue weighted by Gasteiger charge is 2.23. The number of benzene rings is 1. The van der Waals surface area contributed by atoms with Gasteiger partial charge in [-0.2, -0.15) is 0 Å². The van der Waals surface area contributed by atoms with Gasteiger partial charge >= 0.3 is 0 Å². The molecule has 0 radical (unpaired) electrons. The van der Waals surface area contributed by atoms with Gasteiger partial charge in [-0.15, -0.1) is 0 Å². The monoisotopic (exact) mass is 314 g/mol. The highest BCUT2D eigenvalue weighted by Crippen LogP contribution is 2.28. The molecule has 1 aromatic carbocycles. The average Bonchev–Trinajstić information content (AvgIpc) is 2.41. The van der Waals surface area contributed by atoms with Crippen LogP contribution in [0.1, 0.15) is 37.7 Å². The topological polar surface area (TPSA) is 38.0 Å². The molecule has 1 aliphatic rings. The summed E-state index contributed by atoms with van der Waals surface area (Å²) in [6, 6.07) is 5.49. The van der Waals surface area contributed by atoms with E-state index in [0.29, 0.717) is 16.4 Å². The second kappa shape index (κ2) is 6.64. The van der Waals surface area contributed by atoms with Gasteiger partial charge in [0.25, 0.3) is 0 Å². The van der Waals surface area contributed by atoms with Crippen LogP contribution in [0.25, 0.3) is 0 Å². The first-order chi connectivity index (χ1) is 8.70. The molecule has 18 heavy (non-hydrogen) atoms. The second-order valence-electron chi connectivity index (χ2n) is 5.12. The van der Waals surface area contributed by atoms with Crippen molar-refractivity contribution in [1.82, 2.24) is 5.43 Å². The van der Waals surface area contributed by atoms with E-state index in [2.05, 4.69) is 21.4 Å². The van der Waals surface area contributed by atoms with Gasteiger partial charge in [0.15, 0.2) is 0 Å². The number of hydrogen-bond acceptors (Lipinski definition) is 2. The molecule has 0 saturated heterocycles. The van der Waals surface area contributed by atoms with E-state index in [1.54, 1.807) is 0 Å². The summed E-state index contributed by atoms with van der Waals surface area (Å²) >= 11 is 3.23. The second-order valence-corrected chi connectivity index (χ2v) is 5.98. The zero-order valence-corrected chi connectivity index (χ0v) is 12.0. The van der Waals surface area contributed by atoms with Gasteiger partial charge in [0.05, 0.1) is 4.47 Å². The van der Waals surface area contributed by atoms with Crippen LogP contribution < -0.4 is 11.3 Å². The van der Waals surface area contributed by atoms with Crippen molar-refractivity contribution in [3.8, 4) is 0 Å². The molecule has 0 amide bonds. The number of hydrogen-bond donors (Lipinski definition) is 2. The van der Waals surface area contributed by atoms with E-state index in [9.17, 15) is 4.39 Å². The molecule has 0 heterocycles. The van der Waals surface area contributed by atoms with Gasteiger partial charge in [0.1, 0.15) is 5.82 Å². The third kappa shape index (κ3) is 3.53. The fourth-order valence-corrected chi connectivity index (χ4v) is 3.24. The minimum Gasteiger partial charge on any atom is -0.271 e. The normalized spacial score (nSPS) is 18.8. The largest absolute Gasteiger partial charge is 0.271 e. The summed E-state index contributed by atoms with van der Waals surface area (Å²) in [6.45, 7) is 0. The van der Waals surface area contributed by atoms with Crippen LogP contribution in [0.2, 0.25) is 0 Å². The standard InChI is InChI=1S/C14H20BrFN2/c15-12-8-10(6-7-13(12)16)9-14(18-17)11-4-2-1-3-5-11/h6-8,11,14,18H,1-5,9,17H2. The lowest BCUT2D eigenvalue weighted by Gasteiger charge is -2.29. The van der Waals surface area contributed by atoms with Crippen molar-refractivity contribution in [2.24, 2.45) is 11.8 Å². The lowest BCUT2D eigenvalue weighted by atomic mass is 9.82. The summed E-state index contributed by atoms with van der Waals surface area (Å²) in [4.78, 5) is 0. The van der Waals surface area contributed by atoms with E-state index in [1.165, 1.54) is 38.2 Å². The molecule has 0 spiro atoms. The van der Waals surface area contributed by atoms with Crippen LogP contribution >= 0.6 is 15.9 Å². The number of nitrogens with one attached hydrogen (secondary N) is 1. The Hall–Kier alpha value is -0.450. The molecular formula is C14H20BrFN2. The quantitative estimate of drug-likeness (QED) is 0.659. The molecule has 1 fully saturated rings. The molecule has 1 atom stereocenters. The molecule has 100 valence electrons. The van der Waals surface area contributed by atoms with Crippen LogP contribution in [-0.2, 0) is 6.42 Å². The number of rotatable bonds is 4. The van der Waals surface area contributed by atoms with Crippen LogP contribution in [0.5, 0.6) is 0 Å². The minimum absolute atomic E-state index is 0.214. The Bertz CT molecular complexity index is 391. The molecule has 4 heteroatoms. The highest BCUT2D eigenvalue weighted by molar-refractivity contribution is 9.10. The predicted molar refractivity (Wildman–Crippen MR) is 75.5 cm³/mol. The lowest BCUT2D eigenvalue weighted by molar-refractivity contribution is 0.268. The van der Waals surface area contributed by atoms with Gasteiger partial charge in [-0.3, -0.25) is 11.3 Å². The summed E-state index contributed by atoms with van der Waals surface area (Å²) in [7, 11) is 0. The minimum atomic E-state index is -0.214. The molecule has 0 aromatic heterocycles. The van der Waals surface area contributed by atoms with Crippen LogP contribution in [0.3, 0.4) is 0 Å². The maximum atomic E-state index is 13.2. The smallest absolute Gasteiger partial charge is 0.137 e. The highest BCUT2D eigenvalue weighted by atomic mass is 79.9. The molecule has 1 aromatic rings. The third-order valence-electron chi connectivity index (χ3n) is 3.87. The number of halogens is 2. The Balaban J connectivity index is 2.02. The average molecular weight is 315 g/mol. The fourth-order valence-electron chi connectivity index (χ4n) is 2.82. The van der Waals surface area contributed by atoms with Crippen molar-refractivity contribution in [3.05, 3.63) is 34.1 Å². The van der Waals surface area contributed by atoms with Crippen LogP contribution in [0.15, 0.2) is 22.7 Å². The van der Waals surface area contributed by atoms with E-state index in [0.717, 1.165) is 12.0 Å². The van der Waals surface area contributed by atoms with Gasteiger partial charge in [-0.1, -0.05) is 25.3 Å². The molecule has 2 nitrogen and oxygen atoms in total. The van der Waals surface area contributed by atoms with Gasteiger partial charge in [0.2, 0.25) is 0 Å². The SMILES string of the molecule is NNC(Cc1ccc(F)c(Br)c1)C1CCCCC1. The molecule has 1 unspecified atom stereocenters. The molecular weight excluding hydrogens is 295 g/mol. The van der Waals surface area contributed by atoms with Gasteiger partial charge in [-0.05, 0) is 58.8 Å². The Morgan fingerprint density at radius 3 is 2.67 bits per heavy atom. The molecule has 0 bridgehead atoms. The Kier molecular flexibility index (Phi) is 5.15. The zero-order chi connectivity index (χ0) is 13.0. The maximum Gasteiger partial charge on any atom is 0.137 e. The first-order valence-electron chi connectivity index (χ1n) is 6.60. The van der Waals surface area contributed by atoms with Crippen molar-refractivity contribution < 1.29 is 4.39 Å². The van der Waals surface area contributed by atoms with E-state index < -0.39 is 0 Å². The third-order valence-corrected chi connectivity index (χ3v) is 4.48. The Morgan fingerprint density at radius 1 is 1.33 bits per heavy atom. The molecule has 1 saturated carbocycles. The maximum absolute atomic E-state index is 13.2. The molecule has 2 rings (SSSR count). The molecule has 0 aliphatic heterocycles. The van der Waals surface area contributed by atoms with Crippen LogP contribution in [-0.4, -0.2) is 6.04 Å². The van der Waals surface area contributed by atoms with Gasteiger partial charge in [0, 0.05) is 6.04 Å². The number of nitrogens with two attached hydrogens (primary N) is 1. The first-order valence-corrected chi connectivity index (χ1v) is 7.40. The van der Waals surface area contributed by atoms with E-state index in [1.807, 2.05) is 12.1 Å². The van der Waals surface area contributed by atoms with Crippen LogP contribution in [0.4, 0.5) is 4.39 Å². The van der Waals surface area contributed by atoms with E-state index in [-0.39, 0.29) is 5.82 Å². The summed E-state index contributed by atoms with van der Waals surface area (Å²) in [5, 5.41) is 0. The van der Waals surface area contributed by atoms with Gasteiger partial charge in [-0.25, -0.2) is 4.39 Å². The van der Waals surface area contributed by atoms with Gasteiger partial charge < -0.3 is 0 Å². The van der Waals surface area contributed by atoms with Crippen molar-refractivity contribution >= 4 is 15.9 Å². The Morgan fingerprint density at radius 2 is 2.06 bits per heavy atom. The van der Waals surface area contributed by atoms with Crippen molar-refractivity contribution in [3.63, 3.8) is 0 Å². The van der Waals surface area contributed by atoms with E-state index >= 15 is 0 Å². The summed E-state index contributed by atoms with van der Waals surface area (Å²) in [6.07, 6.45) is 7.30. The lowest BCUT2D eigenvalue weighted by Crippen LogP contribution is -2.43. The predicted octanol–water partition coefficient (Wildman–Crippen LogP) is 3.54. The van der Waals surface area contributed by atoms with Crippen molar-refractivity contribution in [2.45, 2.75) is 44.6 Å². The summed E-state index contributed by atoms with van der Waals surface area (Å²) < 4.78 is 13.7. The van der Waals surface area contributed by atoms with Crippen LogP contribution in [0, 0.1) is 11.7 Å². The Labute approximate surface area is 116 Å². The fraction of sp³-hybridized carbons (Fsp3) is 0.571. The van der Waals surface area contributed by atoms with E-state index in [4.69, 9.17) is 5.84 Å². The zero-order valence-electron chi connectivity index (χ0n) is 10.5. The summed E-state index contributed by atoms with van der Waals surface area (Å²) in [5.74, 6) is 6.12. The number of hydrazine groups is 1. The van der Waals surface area contributed by atoms with Crippen molar-refractivity contribution in [1.29, 1.82) is 0 Å². The first kappa shape index (κ1) is 14.0. The molecule has 1 aliphatic carbocycles.